The minimum Gasteiger partial charge on any atom is -0.335 e. The van der Waals surface area contributed by atoms with Gasteiger partial charge in [-0.05, 0) is 33.6 Å². The van der Waals surface area contributed by atoms with Crippen LogP contribution in [0.5, 0.6) is 0 Å². The fourth-order valence-corrected chi connectivity index (χ4v) is 2.26. The summed E-state index contributed by atoms with van der Waals surface area (Å²) in [7, 11) is 0. The molecule has 0 spiro atoms. The maximum atomic E-state index is 6.24. The van der Waals surface area contributed by atoms with Gasteiger partial charge in [-0.1, -0.05) is 0 Å². The summed E-state index contributed by atoms with van der Waals surface area (Å²) in [4.78, 5) is 4.47. The summed E-state index contributed by atoms with van der Waals surface area (Å²) in [5, 5.41) is 0. The molecule has 0 aliphatic heterocycles. The lowest BCUT2D eigenvalue weighted by Crippen LogP contribution is -2.46. The van der Waals surface area contributed by atoms with Gasteiger partial charge in [0.25, 0.3) is 0 Å². The molecule has 0 aromatic carbocycles. The van der Waals surface area contributed by atoms with Crippen molar-refractivity contribution in [2.75, 3.05) is 0 Å². The number of hydrogen-bond acceptors (Lipinski definition) is 2. The highest BCUT2D eigenvalue weighted by Crippen LogP contribution is 2.53. The molecule has 2 rings (SSSR count). The third-order valence-corrected chi connectivity index (χ3v) is 3.47. The van der Waals surface area contributed by atoms with Crippen molar-refractivity contribution in [1.29, 1.82) is 0 Å². The molecule has 14 heavy (non-hydrogen) atoms. The summed E-state index contributed by atoms with van der Waals surface area (Å²) < 4.78 is 2.21. The Balaban J connectivity index is 2.40. The van der Waals surface area contributed by atoms with Gasteiger partial charge in [-0.25, -0.2) is 4.98 Å². The fourth-order valence-electron chi connectivity index (χ4n) is 2.26. The molecule has 1 saturated carbocycles. The molecule has 2 N–H and O–H groups in total. The SMILES string of the molecule is CCn1ccnc1C1(C(C)(C)N)CC1. The third-order valence-electron chi connectivity index (χ3n) is 3.47. The largest absolute Gasteiger partial charge is 0.335 e. The van der Waals surface area contributed by atoms with Crippen molar-refractivity contribution in [3.8, 4) is 0 Å². The first-order valence-corrected chi connectivity index (χ1v) is 5.32. The Morgan fingerprint density at radius 3 is 2.64 bits per heavy atom. The van der Waals surface area contributed by atoms with E-state index in [0.29, 0.717) is 0 Å². The van der Waals surface area contributed by atoms with Gasteiger partial charge in [0, 0.05) is 29.9 Å². The summed E-state index contributed by atoms with van der Waals surface area (Å²) in [6.07, 6.45) is 6.27. The third kappa shape index (κ3) is 1.19. The zero-order chi connectivity index (χ0) is 10.4. The van der Waals surface area contributed by atoms with Gasteiger partial charge in [-0.2, -0.15) is 0 Å². The lowest BCUT2D eigenvalue weighted by Gasteiger charge is -2.30. The van der Waals surface area contributed by atoms with Gasteiger partial charge in [0.1, 0.15) is 5.82 Å². The standard InChI is InChI=1S/C11H19N3/c1-4-14-8-7-13-9(14)11(5-6-11)10(2,3)12/h7-8H,4-6,12H2,1-3H3. The van der Waals surface area contributed by atoms with Gasteiger partial charge in [-0.15, -0.1) is 0 Å². The summed E-state index contributed by atoms with van der Waals surface area (Å²) in [5.41, 5.74) is 6.21. The van der Waals surface area contributed by atoms with Gasteiger partial charge in [0.05, 0.1) is 0 Å². The van der Waals surface area contributed by atoms with E-state index in [0.717, 1.165) is 6.54 Å². The van der Waals surface area contributed by atoms with Crippen LogP contribution in [0.1, 0.15) is 39.4 Å². The molecule has 0 atom stereocenters. The molecule has 1 aliphatic rings. The first kappa shape index (κ1) is 9.71. The van der Waals surface area contributed by atoms with E-state index in [9.17, 15) is 0 Å². The van der Waals surface area contributed by atoms with Crippen molar-refractivity contribution >= 4 is 0 Å². The molecule has 0 amide bonds. The fraction of sp³-hybridized carbons (Fsp3) is 0.727. The van der Waals surface area contributed by atoms with Crippen LogP contribution in [0.4, 0.5) is 0 Å². The number of nitrogens with zero attached hydrogens (tertiary/aromatic N) is 2. The smallest absolute Gasteiger partial charge is 0.116 e. The second-order valence-electron chi connectivity index (χ2n) is 4.84. The van der Waals surface area contributed by atoms with Crippen LogP contribution in [0.25, 0.3) is 0 Å². The van der Waals surface area contributed by atoms with Gasteiger partial charge in [-0.3, -0.25) is 0 Å². The Labute approximate surface area is 85.3 Å². The average molecular weight is 193 g/mol. The molecule has 78 valence electrons. The predicted octanol–water partition coefficient (Wildman–Crippen LogP) is 1.67. The Kier molecular flexibility index (Phi) is 1.96. The van der Waals surface area contributed by atoms with Crippen molar-refractivity contribution in [1.82, 2.24) is 9.55 Å². The number of aryl methyl sites for hydroxylation is 1. The van der Waals surface area contributed by atoms with Crippen LogP contribution < -0.4 is 5.73 Å². The highest BCUT2D eigenvalue weighted by atomic mass is 15.1. The van der Waals surface area contributed by atoms with Crippen LogP contribution in [-0.4, -0.2) is 15.1 Å². The molecule has 1 aromatic heterocycles. The molecule has 0 saturated heterocycles. The Morgan fingerprint density at radius 1 is 1.57 bits per heavy atom. The van der Waals surface area contributed by atoms with E-state index < -0.39 is 0 Å². The van der Waals surface area contributed by atoms with E-state index in [1.165, 1.54) is 18.7 Å². The number of rotatable bonds is 3. The van der Waals surface area contributed by atoms with Crippen molar-refractivity contribution in [3.63, 3.8) is 0 Å². The minimum absolute atomic E-state index is 0.131. The number of nitrogens with two attached hydrogens (primary N) is 1. The van der Waals surface area contributed by atoms with Gasteiger partial charge in [0.2, 0.25) is 0 Å². The molecular weight excluding hydrogens is 174 g/mol. The molecule has 3 heteroatoms. The van der Waals surface area contributed by atoms with Crippen LogP contribution in [-0.2, 0) is 12.0 Å². The van der Waals surface area contributed by atoms with E-state index >= 15 is 0 Å². The van der Waals surface area contributed by atoms with Crippen LogP contribution in [0.3, 0.4) is 0 Å². The first-order chi connectivity index (χ1) is 6.51. The summed E-state index contributed by atoms with van der Waals surface area (Å²) in [6, 6.07) is 0. The molecule has 1 heterocycles. The number of imidazole rings is 1. The van der Waals surface area contributed by atoms with Crippen LogP contribution in [0.2, 0.25) is 0 Å². The van der Waals surface area contributed by atoms with Crippen molar-refractivity contribution in [3.05, 3.63) is 18.2 Å². The summed E-state index contributed by atoms with van der Waals surface area (Å²) in [5.74, 6) is 1.17. The molecule has 1 fully saturated rings. The Hall–Kier alpha value is -0.830. The van der Waals surface area contributed by atoms with Gasteiger partial charge in [0.15, 0.2) is 0 Å². The van der Waals surface area contributed by atoms with Crippen molar-refractivity contribution in [2.45, 2.75) is 51.1 Å². The lowest BCUT2D eigenvalue weighted by atomic mass is 9.84. The first-order valence-electron chi connectivity index (χ1n) is 5.32. The molecule has 1 aromatic rings. The Bertz CT molecular complexity index is 329. The molecule has 0 bridgehead atoms. The second kappa shape index (κ2) is 2.83. The Morgan fingerprint density at radius 2 is 2.21 bits per heavy atom. The van der Waals surface area contributed by atoms with Crippen LogP contribution >= 0.6 is 0 Å². The zero-order valence-corrected chi connectivity index (χ0v) is 9.25. The molecule has 0 radical (unpaired) electrons. The zero-order valence-electron chi connectivity index (χ0n) is 9.25. The van der Waals surface area contributed by atoms with Gasteiger partial charge >= 0.3 is 0 Å². The van der Waals surface area contributed by atoms with E-state index in [2.05, 4.69) is 30.3 Å². The van der Waals surface area contributed by atoms with Crippen molar-refractivity contribution < 1.29 is 0 Å². The van der Waals surface area contributed by atoms with E-state index in [1.54, 1.807) is 0 Å². The minimum atomic E-state index is -0.161. The van der Waals surface area contributed by atoms with E-state index in [-0.39, 0.29) is 11.0 Å². The topological polar surface area (TPSA) is 43.8 Å². The second-order valence-corrected chi connectivity index (χ2v) is 4.84. The van der Waals surface area contributed by atoms with Crippen LogP contribution in [0.15, 0.2) is 12.4 Å². The normalized spacial score (nSPS) is 19.7. The average Bonchev–Trinajstić information content (AvgIpc) is 2.78. The van der Waals surface area contributed by atoms with Gasteiger partial charge < -0.3 is 10.3 Å². The molecule has 0 unspecified atom stereocenters. The quantitative estimate of drug-likeness (QED) is 0.793. The van der Waals surface area contributed by atoms with Crippen molar-refractivity contribution in [2.24, 2.45) is 5.73 Å². The highest BCUT2D eigenvalue weighted by molar-refractivity contribution is 5.27. The summed E-state index contributed by atoms with van der Waals surface area (Å²) >= 11 is 0. The van der Waals surface area contributed by atoms with E-state index in [4.69, 9.17) is 5.73 Å². The number of hydrogen-bond donors (Lipinski definition) is 1. The highest BCUT2D eigenvalue weighted by Gasteiger charge is 2.56. The van der Waals surface area contributed by atoms with Crippen LogP contribution in [0, 0.1) is 0 Å². The van der Waals surface area contributed by atoms with E-state index in [1.807, 2.05) is 12.4 Å². The monoisotopic (exact) mass is 193 g/mol. The number of aromatic nitrogens is 2. The maximum absolute atomic E-state index is 6.24. The maximum Gasteiger partial charge on any atom is 0.116 e. The summed E-state index contributed by atoms with van der Waals surface area (Å²) in [6.45, 7) is 7.33. The lowest BCUT2D eigenvalue weighted by molar-refractivity contribution is 0.364. The molecule has 1 aliphatic carbocycles. The molecule has 3 nitrogen and oxygen atoms in total. The predicted molar refractivity (Wildman–Crippen MR) is 57.1 cm³/mol. The molecular formula is C11H19N3.